The van der Waals surface area contributed by atoms with Crippen LogP contribution in [0, 0.1) is 11.7 Å². The van der Waals surface area contributed by atoms with Crippen LogP contribution < -0.4 is 10.5 Å². The smallest absolute Gasteiger partial charge is 0.240 e. The van der Waals surface area contributed by atoms with E-state index in [1.807, 2.05) is 6.92 Å². The second-order valence-corrected chi connectivity index (χ2v) is 7.45. The lowest BCUT2D eigenvalue weighted by Gasteiger charge is -2.18. The second kappa shape index (κ2) is 7.54. The number of nitrogens with two attached hydrogens (primary N) is 1. The Balaban J connectivity index is 3.00. The van der Waals surface area contributed by atoms with Gasteiger partial charge in [-0.05, 0) is 37.0 Å². The summed E-state index contributed by atoms with van der Waals surface area (Å²) in [5.41, 5.74) is 5.72. The fraction of sp³-hybridized carbons (Fsp3) is 0.571. The molecule has 1 rings (SSSR count). The van der Waals surface area contributed by atoms with Gasteiger partial charge in [0.05, 0.1) is 9.92 Å². The topological polar surface area (TPSA) is 72.2 Å². The molecule has 4 nitrogen and oxygen atoms in total. The summed E-state index contributed by atoms with van der Waals surface area (Å²) in [5, 5.41) is -0.135. The molecule has 0 amide bonds. The molecule has 0 aliphatic heterocycles. The fourth-order valence-corrected chi connectivity index (χ4v) is 3.58. The first-order valence-electron chi connectivity index (χ1n) is 6.91. The van der Waals surface area contributed by atoms with Crippen molar-refractivity contribution in [3.8, 4) is 0 Å². The molecule has 0 aliphatic carbocycles. The molecule has 0 fully saturated rings. The summed E-state index contributed by atoms with van der Waals surface area (Å²) >= 11 is 5.74. The van der Waals surface area contributed by atoms with Gasteiger partial charge in [-0.1, -0.05) is 31.9 Å². The first kappa shape index (κ1) is 18.4. The van der Waals surface area contributed by atoms with E-state index in [1.54, 1.807) is 6.92 Å². The van der Waals surface area contributed by atoms with Gasteiger partial charge in [-0.15, -0.1) is 0 Å². The van der Waals surface area contributed by atoms with Crippen LogP contribution >= 0.6 is 11.6 Å². The Morgan fingerprint density at radius 3 is 2.52 bits per heavy atom. The molecule has 0 aliphatic rings. The van der Waals surface area contributed by atoms with Crippen molar-refractivity contribution in [2.45, 2.75) is 51.1 Å². The predicted molar refractivity (Wildman–Crippen MR) is 83.2 cm³/mol. The third kappa shape index (κ3) is 4.92. The Kier molecular flexibility index (Phi) is 6.59. The van der Waals surface area contributed by atoms with Crippen LogP contribution in [-0.4, -0.2) is 14.5 Å². The van der Waals surface area contributed by atoms with Gasteiger partial charge in [0.25, 0.3) is 0 Å². The number of sulfonamides is 1. The SMILES string of the molecule is CCC(C)CC(C)NS(=O)(=O)c1cc(F)c(Cl)c(CN)c1. The van der Waals surface area contributed by atoms with Crippen molar-refractivity contribution in [1.82, 2.24) is 4.72 Å². The van der Waals surface area contributed by atoms with Crippen molar-refractivity contribution in [2.75, 3.05) is 0 Å². The quantitative estimate of drug-likeness (QED) is 0.803. The minimum atomic E-state index is -3.79. The molecule has 3 N–H and O–H groups in total. The van der Waals surface area contributed by atoms with Gasteiger partial charge in [0.1, 0.15) is 5.82 Å². The summed E-state index contributed by atoms with van der Waals surface area (Å²) in [6.45, 7) is 5.87. The van der Waals surface area contributed by atoms with E-state index in [9.17, 15) is 12.8 Å². The molecule has 0 saturated heterocycles. The normalized spacial score (nSPS) is 15.0. The van der Waals surface area contributed by atoms with Crippen molar-refractivity contribution in [2.24, 2.45) is 11.7 Å². The van der Waals surface area contributed by atoms with Crippen LogP contribution in [0.15, 0.2) is 17.0 Å². The third-order valence-electron chi connectivity index (χ3n) is 3.42. The highest BCUT2D eigenvalue weighted by Gasteiger charge is 2.21. The summed E-state index contributed by atoms with van der Waals surface area (Å²) in [7, 11) is -3.79. The average molecular weight is 337 g/mol. The molecule has 120 valence electrons. The second-order valence-electron chi connectivity index (χ2n) is 5.35. The molecule has 0 aromatic heterocycles. The third-order valence-corrected chi connectivity index (χ3v) is 5.41. The number of hydrogen-bond donors (Lipinski definition) is 2. The van der Waals surface area contributed by atoms with Crippen molar-refractivity contribution in [3.63, 3.8) is 0 Å². The summed E-state index contributed by atoms with van der Waals surface area (Å²) in [6, 6.07) is 1.99. The highest BCUT2D eigenvalue weighted by molar-refractivity contribution is 7.89. The summed E-state index contributed by atoms with van der Waals surface area (Å²) in [6.07, 6.45) is 1.69. The van der Waals surface area contributed by atoms with Gasteiger partial charge in [0.2, 0.25) is 10.0 Å². The van der Waals surface area contributed by atoms with Crippen LogP contribution in [0.25, 0.3) is 0 Å². The monoisotopic (exact) mass is 336 g/mol. The number of rotatable bonds is 7. The molecule has 0 spiro atoms. The first-order chi connectivity index (χ1) is 9.71. The Morgan fingerprint density at radius 1 is 1.38 bits per heavy atom. The highest BCUT2D eigenvalue weighted by atomic mass is 35.5. The van der Waals surface area contributed by atoms with Gasteiger partial charge < -0.3 is 5.73 Å². The van der Waals surface area contributed by atoms with E-state index in [4.69, 9.17) is 17.3 Å². The van der Waals surface area contributed by atoms with Gasteiger partial charge in [0, 0.05) is 12.6 Å². The maximum absolute atomic E-state index is 13.7. The molecule has 2 unspecified atom stereocenters. The van der Waals surface area contributed by atoms with Crippen molar-refractivity contribution in [1.29, 1.82) is 0 Å². The molecule has 1 aromatic carbocycles. The molecule has 0 saturated carbocycles. The molecule has 0 heterocycles. The molecular weight excluding hydrogens is 315 g/mol. The first-order valence-corrected chi connectivity index (χ1v) is 8.77. The number of hydrogen-bond acceptors (Lipinski definition) is 3. The van der Waals surface area contributed by atoms with E-state index in [-0.39, 0.29) is 28.1 Å². The number of nitrogens with one attached hydrogen (secondary N) is 1. The Labute approximate surface area is 130 Å². The Morgan fingerprint density at radius 2 is 2.00 bits per heavy atom. The summed E-state index contributed by atoms with van der Waals surface area (Å²) in [5.74, 6) is -0.376. The zero-order valence-electron chi connectivity index (χ0n) is 12.5. The minimum Gasteiger partial charge on any atom is -0.326 e. The van der Waals surface area contributed by atoms with E-state index < -0.39 is 15.8 Å². The van der Waals surface area contributed by atoms with Crippen molar-refractivity contribution in [3.05, 3.63) is 28.5 Å². The largest absolute Gasteiger partial charge is 0.326 e. The molecule has 0 bridgehead atoms. The van der Waals surface area contributed by atoms with Crippen molar-refractivity contribution < 1.29 is 12.8 Å². The van der Waals surface area contributed by atoms with Gasteiger partial charge in [-0.3, -0.25) is 0 Å². The van der Waals surface area contributed by atoms with E-state index in [2.05, 4.69) is 11.6 Å². The van der Waals surface area contributed by atoms with E-state index in [0.717, 1.165) is 18.9 Å². The van der Waals surface area contributed by atoms with E-state index in [1.165, 1.54) is 6.07 Å². The lowest BCUT2D eigenvalue weighted by atomic mass is 10.0. The number of benzene rings is 1. The highest BCUT2D eigenvalue weighted by Crippen LogP contribution is 2.24. The van der Waals surface area contributed by atoms with Gasteiger partial charge >= 0.3 is 0 Å². The van der Waals surface area contributed by atoms with Gasteiger partial charge in [-0.25, -0.2) is 17.5 Å². The fourth-order valence-electron chi connectivity index (χ4n) is 2.07. The lowest BCUT2D eigenvalue weighted by Crippen LogP contribution is -2.34. The molecule has 1 aromatic rings. The molecular formula is C14H22ClFN2O2S. The maximum Gasteiger partial charge on any atom is 0.240 e. The van der Waals surface area contributed by atoms with Gasteiger partial charge in [-0.2, -0.15) is 0 Å². The lowest BCUT2D eigenvalue weighted by molar-refractivity contribution is 0.445. The van der Waals surface area contributed by atoms with E-state index >= 15 is 0 Å². The zero-order chi connectivity index (χ0) is 16.2. The van der Waals surface area contributed by atoms with Gasteiger partial charge in [0.15, 0.2) is 0 Å². The van der Waals surface area contributed by atoms with E-state index in [0.29, 0.717) is 5.92 Å². The average Bonchev–Trinajstić information content (AvgIpc) is 2.40. The minimum absolute atomic E-state index is 0.0263. The maximum atomic E-state index is 13.7. The van der Waals surface area contributed by atoms with Crippen molar-refractivity contribution >= 4 is 21.6 Å². The van der Waals surface area contributed by atoms with Crippen LogP contribution in [0.1, 0.15) is 39.2 Å². The molecule has 2 atom stereocenters. The molecule has 21 heavy (non-hydrogen) atoms. The van der Waals surface area contributed by atoms with Crippen LogP contribution in [0.2, 0.25) is 5.02 Å². The Bertz CT molecular complexity index is 593. The van der Waals surface area contributed by atoms with Crippen LogP contribution in [-0.2, 0) is 16.6 Å². The van der Waals surface area contributed by atoms with Crippen LogP contribution in [0.5, 0.6) is 0 Å². The zero-order valence-corrected chi connectivity index (χ0v) is 14.1. The standard InChI is InChI=1S/C14H22ClFN2O2S/c1-4-9(2)5-10(3)18-21(19,20)12-6-11(8-17)14(15)13(16)7-12/h6-7,9-10,18H,4-5,8,17H2,1-3H3. The Hall–Kier alpha value is -0.690. The predicted octanol–water partition coefficient (Wildman–Crippen LogP) is 3.04. The number of halogens is 2. The van der Waals surface area contributed by atoms with Crippen LogP contribution in [0.4, 0.5) is 4.39 Å². The summed E-state index contributed by atoms with van der Waals surface area (Å²) in [4.78, 5) is -0.152. The molecule has 0 radical (unpaired) electrons. The summed E-state index contributed by atoms with van der Waals surface area (Å²) < 4.78 is 40.8. The van der Waals surface area contributed by atoms with Crippen LogP contribution in [0.3, 0.4) is 0 Å². The molecule has 7 heteroatoms.